The fourth-order valence-electron chi connectivity index (χ4n) is 1.80. The lowest BCUT2D eigenvalue weighted by atomic mass is 10.1. The molecule has 0 aliphatic carbocycles. The highest BCUT2D eigenvalue weighted by Crippen LogP contribution is 2.24. The predicted molar refractivity (Wildman–Crippen MR) is 91.9 cm³/mol. The van der Waals surface area contributed by atoms with Gasteiger partial charge in [-0.2, -0.15) is 0 Å². The number of nitrogens with one attached hydrogen (secondary N) is 1. The van der Waals surface area contributed by atoms with E-state index in [2.05, 4.69) is 60.0 Å². The highest BCUT2D eigenvalue weighted by atomic mass is 79.9. The molecule has 0 saturated carbocycles. The first-order valence-electron chi connectivity index (χ1n) is 6.90. The van der Waals surface area contributed by atoms with Crippen LogP contribution in [0.25, 0.3) is 0 Å². The maximum Gasteiger partial charge on any atom is 0.139 e. The van der Waals surface area contributed by atoms with E-state index in [1.807, 2.05) is 17.4 Å². The fourth-order valence-corrected chi connectivity index (χ4v) is 3.13. The van der Waals surface area contributed by atoms with Crippen LogP contribution < -0.4 is 10.1 Å². The van der Waals surface area contributed by atoms with Crippen LogP contribution in [0.2, 0.25) is 0 Å². The second-order valence-electron chi connectivity index (χ2n) is 6.03. The largest absolute Gasteiger partial charge is 0.487 e. The van der Waals surface area contributed by atoms with E-state index >= 15 is 0 Å². The molecule has 21 heavy (non-hydrogen) atoms. The summed E-state index contributed by atoms with van der Waals surface area (Å²) < 4.78 is 6.73. The number of aryl methyl sites for hydroxylation is 1. The third-order valence-electron chi connectivity index (χ3n) is 2.94. The number of rotatable bonds is 5. The maximum absolute atomic E-state index is 5.81. The molecule has 114 valence electrons. The minimum Gasteiger partial charge on any atom is -0.487 e. The normalized spacial score (nSPS) is 11.7. The van der Waals surface area contributed by atoms with Crippen molar-refractivity contribution in [2.75, 3.05) is 0 Å². The standard InChI is InChI=1S/C16H21BrN2OS/c1-11-12(5-15(21-11)9-19-16(2,3)4)10-20-14-6-13(17)7-18-8-14/h5-8,19H,9-10H2,1-4H3. The van der Waals surface area contributed by atoms with E-state index in [4.69, 9.17) is 4.74 Å². The smallest absolute Gasteiger partial charge is 0.139 e. The second-order valence-corrected chi connectivity index (χ2v) is 8.28. The van der Waals surface area contributed by atoms with Gasteiger partial charge in [0.05, 0.1) is 6.20 Å². The summed E-state index contributed by atoms with van der Waals surface area (Å²) >= 11 is 5.22. The number of nitrogens with zero attached hydrogens (tertiary/aromatic N) is 1. The van der Waals surface area contributed by atoms with Crippen LogP contribution in [0.4, 0.5) is 0 Å². The molecule has 0 amide bonds. The zero-order valence-electron chi connectivity index (χ0n) is 12.9. The summed E-state index contributed by atoms with van der Waals surface area (Å²) in [5, 5.41) is 3.51. The van der Waals surface area contributed by atoms with Crippen molar-refractivity contribution in [3.05, 3.63) is 44.3 Å². The van der Waals surface area contributed by atoms with Gasteiger partial charge in [-0.25, -0.2) is 0 Å². The predicted octanol–water partition coefficient (Wildman–Crippen LogP) is 4.68. The minimum atomic E-state index is 0.135. The molecule has 0 aromatic carbocycles. The van der Waals surface area contributed by atoms with Gasteiger partial charge in [-0.1, -0.05) is 0 Å². The molecule has 0 spiro atoms. The Bertz CT molecular complexity index is 605. The number of thiophene rings is 1. The molecule has 0 atom stereocenters. The van der Waals surface area contributed by atoms with Gasteiger partial charge in [-0.15, -0.1) is 11.3 Å². The Morgan fingerprint density at radius 3 is 2.71 bits per heavy atom. The molecule has 0 aliphatic heterocycles. The monoisotopic (exact) mass is 368 g/mol. The van der Waals surface area contributed by atoms with Crippen molar-refractivity contribution < 1.29 is 4.74 Å². The molecule has 0 unspecified atom stereocenters. The van der Waals surface area contributed by atoms with Crippen LogP contribution in [0.15, 0.2) is 29.0 Å². The maximum atomic E-state index is 5.81. The zero-order chi connectivity index (χ0) is 15.5. The van der Waals surface area contributed by atoms with Crippen molar-refractivity contribution in [3.63, 3.8) is 0 Å². The molecule has 5 heteroatoms. The summed E-state index contributed by atoms with van der Waals surface area (Å²) in [4.78, 5) is 6.75. The van der Waals surface area contributed by atoms with E-state index in [-0.39, 0.29) is 5.54 Å². The first-order valence-corrected chi connectivity index (χ1v) is 8.51. The Hall–Kier alpha value is -0.910. The van der Waals surface area contributed by atoms with Crippen molar-refractivity contribution in [1.29, 1.82) is 0 Å². The number of ether oxygens (including phenoxy) is 1. The Morgan fingerprint density at radius 2 is 2.05 bits per heavy atom. The molecule has 1 N–H and O–H groups in total. The van der Waals surface area contributed by atoms with Crippen LogP contribution in [0, 0.1) is 6.92 Å². The highest BCUT2D eigenvalue weighted by molar-refractivity contribution is 9.10. The van der Waals surface area contributed by atoms with Gasteiger partial charge in [0.1, 0.15) is 12.4 Å². The molecule has 2 aromatic rings. The summed E-state index contributed by atoms with van der Waals surface area (Å²) in [6.45, 7) is 10.2. The van der Waals surface area contributed by atoms with Gasteiger partial charge in [-0.3, -0.25) is 4.98 Å². The molecule has 0 saturated heterocycles. The van der Waals surface area contributed by atoms with E-state index < -0.39 is 0 Å². The van der Waals surface area contributed by atoms with Crippen LogP contribution in [0.3, 0.4) is 0 Å². The van der Waals surface area contributed by atoms with Gasteiger partial charge in [0.15, 0.2) is 0 Å². The average Bonchev–Trinajstić information content (AvgIpc) is 2.74. The lowest BCUT2D eigenvalue weighted by molar-refractivity contribution is 0.304. The van der Waals surface area contributed by atoms with Gasteiger partial charge >= 0.3 is 0 Å². The van der Waals surface area contributed by atoms with Gasteiger partial charge in [0.2, 0.25) is 0 Å². The lowest BCUT2D eigenvalue weighted by Gasteiger charge is -2.19. The van der Waals surface area contributed by atoms with Crippen LogP contribution in [-0.4, -0.2) is 10.5 Å². The molecular weight excluding hydrogens is 348 g/mol. The van der Waals surface area contributed by atoms with Gasteiger partial charge < -0.3 is 10.1 Å². The Labute approximate surface area is 138 Å². The lowest BCUT2D eigenvalue weighted by Crippen LogP contribution is -2.34. The van der Waals surface area contributed by atoms with E-state index in [1.54, 1.807) is 12.4 Å². The molecule has 2 heterocycles. The van der Waals surface area contributed by atoms with E-state index in [1.165, 1.54) is 15.3 Å². The van der Waals surface area contributed by atoms with Gasteiger partial charge in [0.25, 0.3) is 0 Å². The molecule has 2 aromatic heterocycles. The second kappa shape index (κ2) is 6.90. The fraction of sp³-hybridized carbons (Fsp3) is 0.438. The van der Waals surface area contributed by atoms with Crippen LogP contribution in [0.5, 0.6) is 5.75 Å². The SMILES string of the molecule is Cc1sc(CNC(C)(C)C)cc1COc1cncc(Br)c1. The number of pyridine rings is 1. The summed E-state index contributed by atoms with van der Waals surface area (Å²) in [7, 11) is 0. The number of hydrogen-bond acceptors (Lipinski definition) is 4. The summed E-state index contributed by atoms with van der Waals surface area (Å²) in [5.74, 6) is 0.782. The Kier molecular flexibility index (Phi) is 5.41. The molecule has 0 fully saturated rings. The van der Waals surface area contributed by atoms with Crippen molar-refractivity contribution >= 4 is 27.3 Å². The van der Waals surface area contributed by atoms with Gasteiger partial charge in [0, 0.05) is 38.1 Å². The van der Waals surface area contributed by atoms with Crippen LogP contribution >= 0.6 is 27.3 Å². The number of halogens is 1. The van der Waals surface area contributed by atoms with E-state index in [0.717, 1.165) is 16.8 Å². The van der Waals surface area contributed by atoms with Crippen molar-refractivity contribution in [2.45, 2.75) is 46.4 Å². The molecule has 0 bridgehead atoms. The molecule has 3 nitrogen and oxygen atoms in total. The van der Waals surface area contributed by atoms with Crippen LogP contribution in [0.1, 0.15) is 36.1 Å². The van der Waals surface area contributed by atoms with Crippen molar-refractivity contribution in [3.8, 4) is 5.75 Å². The molecular formula is C16H21BrN2OS. The van der Waals surface area contributed by atoms with Gasteiger partial charge in [-0.05, 0) is 55.8 Å². The van der Waals surface area contributed by atoms with Crippen molar-refractivity contribution in [2.24, 2.45) is 0 Å². The van der Waals surface area contributed by atoms with E-state index in [0.29, 0.717) is 6.61 Å². The number of aromatic nitrogens is 1. The zero-order valence-corrected chi connectivity index (χ0v) is 15.3. The first-order chi connectivity index (χ1) is 9.83. The summed E-state index contributed by atoms with van der Waals surface area (Å²) in [5.41, 5.74) is 1.38. The van der Waals surface area contributed by atoms with E-state index in [9.17, 15) is 0 Å². The Balaban J connectivity index is 1.96. The quantitative estimate of drug-likeness (QED) is 0.831. The highest BCUT2D eigenvalue weighted by Gasteiger charge is 2.11. The minimum absolute atomic E-state index is 0.135. The molecule has 2 rings (SSSR count). The molecule has 0 aliphatic rings. The summed E-state index contributed by atoms with van der Waals surface area (Å²) in [6, 6.07) is 4.15. The Morgan fingerprint density at radius 1 is 1.29 bits per heavy atom. The first kappa shape index (κ1) is 16.5. The number of hydrogen-bond donors (Lipinski definition) is 1. The third kappa shape index (κ3) is 5.41. The molecule has 0 radical (unpaired) electrons. The average molecular weight is 369 g/mol. The summed E-state index contributed by atoms with van der Waals surface area (Å²) in [6.07, 6.45) is 3.48. The third-order valence-corrected chi connectivity index (χ3v) is 4.47. The van der Waals surface area contributed by atoms with Crippen LogP contribution in [-0.2, 0) is 13.2 Å². The van der Waals surface area contributed by atoms with Crippen molar-refractivity contribution in [1.82, 2.24) is 10.3 Å². The topological polar surface area (TPSA) is 34.1 Å².